The van der Waals surface area contributed by atoms with Gasteiger partial charge in [0.25, 0.3) is 0 Å². The molecule has 1 aliphatic heterocycles. The van der Waals surface area contributed by atoms with Gasteiger partial charge in [-0.2, -0.15) is 0 Å². The van der Waals surface area contributed by atoms with Crippen molar-refractivity contribution in [2.45, 2.75) is 30.4 Å². The summed E-state index contributed by atoms with van der Waals surface area (Å²) in [6.45, 7) is 3.98. The van der Waals surface area contributed by atoms with Gasteiger partial charge in [-0.15, -0.1) is 11.8 Å². The Balaban J connectivity index is 1.58. The Hall–Kier alpha value is -3.05. The second kappa shape index (κ2) is 8.76. The van der Waals surface area contributed by atoms with E-state index >= 15 is 0 Å². The molecule has 1 unspecified atom stereocenters. The van der Waals surface area contributed by atoms with Gasteiger partial charge < -0.3 is 10.2 Å². The number of fused-ring (bicyclic) bond motifs is 1. The van der Waals surface area contributed by atoms with Gasteiger partial charge in [-0.25, -0.2) is 0 Å². The van der Waals surface area contributed by atoms with Crippen LogP contribution in [0.4, 0.5) is 11.4 Å². The van der Waals surface area contributed by atoms with E-state index in [2.05, 4.69) is 17.4 Å². The number of anilines is 2. The van der Waals surface area contributed by atoms with Gasteiger partial charge in [0.15, 0.2) is 0 Å². The summed E-state index contributed by atoms with van der Waals surface area (Å²) in [5.74, 6) is -0.245. The zero-order valence-electron chi connectivity index (χ0n) is 17.1. The summed E-state index contributed by atoms with van der Waals surface area (Å²) >= 11 is 1.68. The van der Waals surface area contributed by atoms with Gasteiger partial charge in [-0.05, 0) is 43.2 Å². The minimum Gasteiger partial charge on any atom is -0.324 e. The number of hydrogen-bond donors (Lipinski definition) is 1. The third kappa shape index (κ3) is 4.41. The summed E-state index contributed by atoms with van der Waals surface area (Å²) < 4.78 is 0. The average Bonchev–Trinajstić information content (AvgIpc) is 2.88. The summed E-state index contributed by atoms with van der Waals surface area (Å²) in [4.78, 5) is 28.6. The smallest absolute Gasteiger partial charge is 0.244 e. The van der Waals surface area contributed by atoms with E-state index in [0.717, 1.165) is 33.0 Å². The van der Waals surface area contributed by atoms with Crippen molar-refractivity contribution in [3.63, 3.8) is 0 Å². The van der Waals surface area contributed by atoms with Crippen LogP contribution in [0, 0.1) is 13.8 Å². The van der Waals surface area contributed by atoms with E-state index in [1.165, 1.54) is 0 Å². The van der Waals surface area contributed by atoms with E-state index < -0.39 is 0 Å². The molecule has 152 valence electrons. The van der Waals surface area contributed by atoms with Crippen LogP contribution in [0.25, 0.3) is 0 Å². The first-order valence-electron chi connectivity index (χ1n) is 9.99. The molecule has 5 heteroatoms. The minimum absolute atomic E-state index is 0.00870. The molecule has 0 saturated carbocycles. The van der Waals surface area contributed by atoms with Gasteiger partial charge in [0.05, 0.1) is 5.69 Å². The highest BCUT2D eigenvalue weighted by Gasteiger charge is 2.30. The van der Waals surface area contributed by atoms with E-state index in [1.54, 1.807) is 16.7 Å². The highest BCUT2D eigenvalue weighted by molar-refractivity contribution is 7.99. The number of benzene rings is 3. The number of hydrogen-bond acceptors (Lipinski definition) is 3. The molecule has 1 atom stereocenters. The number of para-hydroxylation sites is 1. The molecule has 0 saturated heterocycles. The molecule has 4 nitrogen and oxygen atoms in total. The molecule has 0 aromatic heterocycles. The largest absolute Gasteiger partial charge is 0.324 e. The molecule has 1 N–H and O–H groups in total. The molecule has 1 heterocycles. The second-order valence-electron chi connectivity index (χ2n) is 7.54. The van der Waals surface area contributed by atoms with E-state index in [0.29, 0.717) is 6.42 Å². The predicted molar refractivity (Wildman–Crippen MR) is 123 cm³/mol. The Morgan fingerprint density at radius 2 is 1.77 bits per heavy atom. The lowest BCUT2D eigenvalue weighted by Gasteiger charge is -2.22. The maximum absolute atomic E-state index is 13.2. The lowest BCUT2D eigenvalue weighted by Crippen LogP contribution is -2.38. The van der Waals surface area contributed by atoms with Crippen molar-refractivity contribution in [2.75, 3.05) is 16.8 Å². The normalized spacial score (nSPS) is 16.0. The Kier molecular flexibility index (Phi) is 5.91. The first-order valence-corrected chi connectivity index (χ1v) is 10.9. The molecule has 0 bridgehead atoms. The second-order valence-corrected chi connectivity index (χ2v) is 8.78. The van der Waals surface area contributed by atoms with Crippen molar-refractivity contribution < 1.29 is 9.59 Å². The van der Waals surface area contributed by atoms with Crippen LogP contribution in [-0.4, -0.2) is 18.4 Å². The predicted octanol–water partition coefficient (Wildman–Crippen LogP) is 5.51. The maximum Gasteiger partial charge on any atom is 0.244 e. The highest BCUT2D eigenvalue weighted by Crippen LogP contribution is 2.45. The molecule has 3 aromatic rings. The van der Waals surface area contributed by atoms with Crippen LogP contribution in [-0.2, 0) is 9.59 Å². The lowest BCUT2D eigenvalue weighted by atomic mass is 10.1. The van der Waals surface area contributed by atoms with Gasteiger partial charge in [-0.3, -0.25) is 9.59 Å². The molecule has 0 spiro atoms. The van der Waals surface area contributed by atoms with Crippen LogP contribution < -0.4 is 10.2 Å². The molecular formula is C25H24N2O2S. The van der Waals surface area contributed by atoms with Crippen molar-refractivity contribution >= 4 is 35.0 Å². The zero-order valence-corrected chi connectivity index (χ0v) is 17.9. The van der Waals surface area contributed by atoms with Crippen molar-refractivity contribution in [1.29, 1.82) is 0 Å². The Morgan fingerprint density at radius 3 is 2.53 bits per heavy atom. The number of nitrogens with one attached hydrogen (secondary N) is 1. The minimum atomic E-state index is -0.201. The van der Waals surface area contributed by atoms with Crippen LogP contribution >= 0.6 is 11.8 Å². The average molecular weight is 417 g/mol. The van der Waals surface area contributed by atoms with E-state index in [1.807, 2.05) is 74.5 Å². The molecule has 1 aliphatic rings. The Morgan fingerprint density at radius 1 is 1.03 bits per heavy atom. The van der Waals surface area contributed by atoms with E-state index in [4.69, 9.17) is 0 Å². The zero-order chi connectivity index (χ0) is 21.1. The van der Waals surface area contributed by atoms with Crippen LogP contribution in [0.15, 0.2) is 77.7 Å². The van der Waals surface area contributed by atoms with Crippen molar-refractivity contribution in [1.82, 2.24) is 0 Å². The van der Waals surface area contributed by atoms with E-state index in [-0.39, 0.29) is 23.6 Å². The monoisotopic (exact) mass is 416 g/mol. The highest BCUT2D eigenvalue weighted by atomic mass is 32.2. The van der Waals surface area contributed by atoms with Crippen molar-refractivity contribution in [2.24, 2.45) is 0 Å². The molecule has 3 aromatic carbocycles. The molecular weight excluding hydrogens is 392 g/mol. The number of amides is 2. The quantitative estimate of drug-likeness (QED) is 0.610. The van der Waals surface area contributed by atoms with Crippen LogP contribution in [0.1, 0.15) is 28.4 Å². The number of rotatable bonds is 4. The Labute approximate surface area is 181 Å². The number of thioether (sulfide) groups is 1. The molecule has 30 heavy (non-hydrogen) atoms. The van der Waals surface area contributed by atoms with Gasteiger partial charge in [0.1, 0.15) is 6.54 Å². The first-order chi connectivity index (χ1) is 14.5. The number of carbonyl (C=O) groups excluding carboxylic acids is 2. The fourth-order valence-electron chi connectivity index (χ4n) is 3.69. The fourth-order valence-corrected chi connectivity index (χ4v) is 4.97. The number of carbonyl (C=O) groups is 2. The van der Waals surface area contributed by atoms with Crippen LogP contribution in [0.5, 0.6) is 0 Å². The standard InChI is InChI=1S/C25H24N2O2S/c1-17-12-13-20(18(2)14-17)26-24(28)16-27-21-10-6-7-11-22(21)30-23(15-25(27)29)19-8-4-3-5-9-19/h3-14,23H,15-16H2,1-2H3,(H,26,28). The first kappa shape index (κ1) is 20.2. The summed E-state index contributed by atoms with van der Waals surface area (Å²) in [5.41, 5.74) is 4.84. The fraction of sp³-hybridized carbons (Fsp3) is 0.200. The summed E-state index contributed by atoms with van der Waals surface area (Å²) in [7, 11) is 0. The topological polar surface area (TPSA) is 49.4 Å². The number of aryl methyl sites for hydroxylation is 2. The van der Waals surface area contributed by atoms with Gasteiger partial charge in [0.2, 0.25) is 11.8 Å². The summed E-state index contributed by atoms with van der Waals surface area (Å²) in [5, 5.41) is 2.98. The van der Waals surface area contributed by atoms with Gasteiger partial charge in [0, 0.05) is 22.3 Å². The lowest BCUT2D eigenvalue weighted by molar-refractivity contribution is -0.121. The Bertz CT molecular complexity index is 1080. The van der Waals surface area contributed by atoms with Crippen molar-refractivity contribution in [3.05, 3.63) is 89.5 Å². The maximum atomic E-state index is 13.2. The van der Waals surface area contributed by atoms with E-state index in [9.17, 15) is 9.59 Å². The van der Waals surface area contributed by atoms with Crippen LogP contribution in [0.2, 0.25) is 0 Å². The molecule has 4 rings (SSSR count). The number of nitrogens with zero attached hydrogens (tertiary/aromatic N) is 1. The van der Waals surface area contributed by atoms with Crippen LogP contribution in [0.3, 0.4) is 0 Å². The molecule has 0 radical (unpaired) electrons. The third-order valence-electron chi connectivity index (χ3n) is 5.22. The summed E-state index contributed by atoms with van der Waals surface area (Å²) in [6.07, 6.45) is 0.347. The summed E-state index contributed by atoms with van der Waals surface area (Å²) in [6, 6.07) is 23.8. The molecule has 0 aliphatic carbocycles. The molecule has 2 amide bonds. The van der Waals surface area contributed by atoms with Gasteiger partial charge in [-0.1, -0.05) is 60.2 Å². The SMILES string of the molecule is Cc1ccc(NC(=O)CN2C(=O)CC(c3ccccc3)Sc3ccccc32)c(C)c1. The van der Waals surface area contributed by atoms with Crippen molar-refractivity contribution in [3.8, 4) is 0 Å². The molecule has 0 fully saturated rings. The van der Waals surface area contributed by atoms with Gasteiger partial charge >= 0.3 is 0 Å². The third-order valence-corrected chi connectivity index (χ3v) is 6.54.